The number of hydrogen-bond donors (Lipinski definition) is 0. The smallest absolute Gasteiger partial charge is 0.410 e. The summed E-state index contributed by atoms with van der Waals surface area (Å²) < 4.78 is 7.64. The third-order valence-corrected chi connectivity index (χ3v) is 7.88. The van der Waals surface area contributed by atoms with Crippen LogP contribution in [0.5, 0.6) is 0 Å². The number of carbonyl (C=O) groups excluding carboxylic acids is 1. The first kappa shape index (κ1) is 22.5. The zero-order valence-corrected chi connectivity index (χ0v) is 21.5. The summed E-state index contributed by atoms with van der Waals surface area (Å²) in [5.74, 6) is 1.81. The average Bonchev–Trinajstić information content (AvgIpc) is 3.26. The number of nitrogens with zero attached hydrogens (tertiary/aromatic N) is 5. The van der Waals surface area contributed by atoms with Crippen molar-refractivity contribution in [3.63, 3.8) is 0 Å². The van der Waals surface area contributed by atoms with Gasteiger partial charge in [-0.1, -0.05) is 6.07 Å². The Morgan fingerprint density at radius 2 is 1.91 bits per heavy atom. The van der Waals surface area contributed by atoms with Crippen LogP contribution in [-0.4, -0.2) is 49.4 Å². The molecule has 1 saturated heterocycles. The summed E-state index contributed by atoms with van der Waals surface area (Å²) >= 11 is 1.69. The standard InChI is InChI=1S/C27H31N5O2S/c1-16-28-24(20-9-12-35-25(20)29-16)22-14-21(22)17-5-6-23-18(13-17)15-32(30-23)19-7-10-31(11-8-19)26(33)34-27(2,3)4/h5-6,9,12-13,15,19,21-22H,7-8,10-11,14H2,1-4H3. The van der Waals surface area contributed by atoms with E-state index in [2.05, 4.69) is 45.5 Å². The first-order chi connectivity index (χ1) is 16.7. The van der Waals surface area contributed by atoms with Crippen molar-refractivity contribution < 1.29 is 9.53 Å². The van der Waals surface area contributed by atoms with E-state index in [0.29, 0.717) is 31.0 Å². The molecule has 0 bridgehead atoms. The minimum absolute atomic E-state index is 0.219. The third kappa shape index (κ3) is 4.40. The van der Waals surface area contributed by atoms with Gasteiger partial charge < -0.3 is 9.64 Å². The van der Waals surface area contributed by atoms with Crippen molar-refractivity contribution in [3.8, 4) is 0 Å². The minimum atomic E-state index is -0.464. The number of amides is 1. The van der Waals surface area contributed by atoms with Crippen molar-refractivity contribution in [2.24, 2.45) is 0 Å². The maximum Gasteiger partial charge on any atom is 0.410 e. The van der Waals surface area contributed by atoms with Gasteiger partial charge in [-0.05, 0) is 82.0 Å². The van der Waals surface area contributed by atoms with Crippen LogP contribution in [0.1, 0.15) is 75.0 Å². The fourth-order valence-corrected chi connectivity index (χ4v) is 6.08. The lowest BCUT2D eigenvalue weighted by molar-refractivity contribution is 0.0185. The first-order valence-electron chi connectivity index (χ1n) is 12.4. The molecule has 1 aliphatic heterocycles. The summed E-state index contributed by atoms with van der Waals surface area (Å²) in [6.07, 6.45) is 4.85. The molecule has 2 atom stereocenters. The Hall–Kier alpha value is -3.00. The first-order valence-corrected chi connectivity index (χ1v) is 13.3. The van der Waals surface area contributed by atoms with Crippen molar-refractivity contribution >= 4 is 38.5 Å². The van der Waals surface area contributed by atoms with E-state index in [1.54, 1.807) is 11.3 Å². The predicted molar refractivity (Wildman–Crippen MR) is 138 cm³/mol. The van der Waals surface area contributed by atoms with E-state index in [1.807, 2.05) is 32.6 Å². The normalized spacial score (nSPS) is 21.1. The van der Waals surface area contributed by atoms with Crippen molar-refractivity contribution in [1.82, 2.24) is 24.6 Å². The quantitative estimate of drug-likeness (QED) is 0.343. The molecule has 0 radical (unpaired) electrons. The summed E-state index contributed by atoms with van der Waals surface area (Å²) in [5.41, 5.74) is 3.12. The zero-order chi connectivity index (χ0) is 24.3. The highest BCUT2D eigenvalue weighted by molar-refractivity contribution is 7.16. The fourth-order valence-electron chi connectivity index (χ4n) is 5.26. The van der Waals surface area contributed by atoms with Gasteiger partial charge in [-0.15, -0.1) is 11.3 Å². The fraction of sp³-hybridized carbons (Fsp3) is 0.481. The van der Waals surface area contributed by atoms with Crippen LogP contribution < -0.4 is 0 Å². The van der Waals surface area contributed by atoms with Crippen LogP contribution in [-0.2, 0) is 4.74 Å². The molecule has 7 nitrogen and oxygen atoms in total. The second-order valence-corrected chi connectivity index (χ2v) is 11.8. The molecule has 4 heterocycles. The average molecular weight is 490 g/mol. The molecule has 1 saturated carbocycles. The number of likely N-dealkylation sites (tertiary alicyclic amines) is 1. The second-order valence-electron chi connectivity index (χ2n) is 10.9. The van der Waals surface area contributed by atoms with E-state index in [0.717, 1.165) is 35.4 Å². The molecule has 182 valence electrons. The molecular weight excluding hydrogens is 458 g/mol. The molecule has 1 aliphatic carbocycles. The van der Waals surface area contributed by atoms with Gasteiger partial charge in [-0.25, -0.2) is 14.8 Å². The number of thiophene rings is 1. The van der Waals surface area contributed by atoms with E-state index in [4.69, 9.17) is 14.8 Å². The Morgan fingerprint density at radius 3 is 2.69 bits per heavy atom. The van der Waals surface area contributed by atoms with Crippen molar-refractivity contribution in [3.05, 3.63) is 52.9 Å². The Labute approximate surface area is 209 Å². The van der Waals surface area contributed by atoms with Crippen LogP contribution in [0.25, 0.3) is 21.1 Å². The SMILES string of the molecule is Cc1nc(C2CC2c2ccc3nn(C4CCN(C(=O)OC(C)(C)C)CC4)cc3c2)c2ccsc2n1. The van der Waals surface area contributed by atoms with Crippen molar-refractivity contribution in [2.45, 2.75) is 70.4 Å². The summed E-state index contributed by atoms with van der Waals surface area (Å²) in [7, 11) is 0. The Kier molecular flexibility index (Phi) is 5.32. The van der Waals surface area contributed by atoms with Crippen molar-refractivity contribution in [1.29, 1.82) is 0 Å². The number of fused-ring (bicyclic) bond motifs is 2. The zero-order valence-electron chi connectivity index (χ0n) is 20.7. The summed E-state index contributed by atoms with van der Waals surface area (Å²) in [5, 5.41) is 9.37. The Morgan fingerprint density at radius 1 is 1.11 bits per heavy atom. The van der Waals surface area contributed by atoms with Crippen molar-refractivity contribution in [2.75, 3.05) is 13.1 Å². The van der Waals surface area contributed by atoms with Gasteiger partial charge in [0.15, 0.2) is 0 Å². The monoisotopic (exact) mass is 489 g/mol. The van der Waals surface area contributed by atoms with Crippen LogP contribution in [0.3, 0.4) is 0 Å². The predicted octanol–water partition coefficient (Wildman–Crippen LogP) is 6.19. The summed E-state index contributed by atoms with van der Waals surface area (Å²) in [6.45, 7) is 9.09. The van der Waals surface area contributed by atoms with E-state index < -0.39 is 5.60 Å². The van der Waals surface area contributed by atoms with Gasteiger partial charge in [-0.2, -0.15) is 5.10 Å². The number of hydrogen-bond acceptors (Lipinski definition) is 6. The molecule has 35 heavy (non-hydrogen) atoms. The van der Waals surface area contributed by atoms with Gasteiger partial charge in [-0.3, -0.25) is 4.68 Å². The van der Waals surface area contributed by atoms with Gasteiger partial charge in [0.1, 0.15) is 16.3 Å². The maximum absolute atomic E-state index is 12.4. The van der Waals surface area contributed by atoms with Gasteiger partial charge in [0.25, 0.3) is 0 Å². The number of ether oxygens (including phenoxy) is 1. The number of aromatic nitrogens is 4. The Bertz CT molecular complexity index is 1410. The molecule has 8 heteroatoms. The van der Waals surface area contributed by atoms with Crippen LogP contribution in [0.2, 0.25) is 0 Å². The topological polar surface area (TPSA) is 73.1 Å². The maximum atomic E-state index is 12.4. The molecule has 4 aromatic rings. The summed E-state index contributed by atoms with van der Waals surface area (Å²) in [4.78, 5) is 24.7. The molecule has 3 aromatic heterocycles. The van der Waals surface area contributed by atoms with Crippen LogP contribution >= 0.6 is 11.3 Å². The number of benzene rings is 1. The third-order valence-electron chi connectivity index (χ3n) is 7.07. The second kappa shape index (κ2) is 8.29. The van der Waals surface area contributed by atoms with Crippen LogP contribution in [0.4, 0.5) is 4.79 Å². The van der Waals surface area contributed by atoms with E-state index in [9.17, 15) is 4.79 Å². The lowest BCUT2D eigenvalue weighted by Crippen LogP contribution is -2.42. The lowest BCUT2D eigenvalue weighted by Gasteiger charge is -2.33. The van der Waals surface area contributed by atoms with Crippen LogP contribution in [0.15, 0.2) is 35.8 Å². The largest absolute Gasteiger partial charge is 0.444 e. The van der Waals surface area contributed by atoms with E-state index >= 15 is 0 Å². The molecular formula is C27H31N5O2S. The lowest BCUT2D eigenvalue weighted by atomic mass is 10.0. The summed E-state index contributed by atoms with van der Waals surface area (Å²) in [6, 6.07) is 9.14. The molecule has 1 aromatic carbocycles. The highest BCUT2D eigenvalue weighted by atomic mass is 32.1. The number of carbonyl (C=O) groups is 1. The molecule has 2 aliphatic rings. The number of aryl methyl sites for hydroxylation is 1. The van der Waals surface area contributed by atoms with Gasteiger partial charge >= 0.3 is 6.09 Å². The van der Waals surface area contributed by atoms with Gasteiger partial charge in [0, 0.05) is 36.0 Å². The highest BCUT2D eigenvalue weighted by Crippen LogP contribution is 2.55. The molecule has 6 rings (SSSR count). The minimum Gasteiger partial charge on any atom is -0.444 e. The van der Waals surface area contributed by atoms with E-state index in [1.165, 1.54) is 22.0 Å². The van der Waals surface area contributed by atoms with Gasteiger partial charge in [0.2, 0.25) is 0 Å². The molecule has 2 fully saturated rings. The van der Waals surface area contributed by atoms with Crippen LogP contribution in [0, 0.1) is 6.92 Å². The molecule has 1 amide bonds. The highest BCUT2D eigenvalue weighted by Gasteiger charge is 2.42. The van der Waals surface area contributed by atoms with E-state index in [-0.39, 0.29) is 6.09 Å². The Balaban J connectivity index is 1.16. The number of piperidine rings is 1. The number of rotatable bonds is 3. The molecule has 2 unspecified atom stereocenters. The van der Waals surface area contributed by atoms with Gasteiger partial charge in [0.05, 0.1) is 17.3 Å². The molecule has 0 N–H and O–H groups in total. The molecule has 0 spiro atoms.